The van der Waals surface area contributed by atoms with Crippen molar-refractivity contribution in [3.8, 4) is 11.5 Å². The molecule has 142 valence electrons. The molecule has 1 N–H and O–H groups in total. The van der Waals surface area contributed by atoms with E-state index in [0.29, 0.717) is 18.8 Å². The Morgan fingerprint density at radius 2 is 1.61 bits per heavy atom. The van der Waals surface area contributed by atoms with E-state index in [2.05, 4.69) is 15.5 Å². The number of nitrogens with zero attached hydrogens (tertiary/aromatic N) is 2. The predicted molar refractivity (Wildman–Crippen MR) is 108 cm³/mol. The van der Waals surface area contributed by atoms with Gasteiger partial charge < -0.3 is 9.47 Å². The molecular formula is C22H21N3O3. The zero-order chi connectivity index (χ0) is 19.6. The highest BCUT2D eigenvalue weighted by molar-refractivity contribution is 5.94. The molecule has 0 aliphatic rings. The van der Waals surface area contributed by atoms with Gasteiger partial charge in [0, 0.05) is 18.0 Å². The lowest BCUT2D eigenvalue weighted by atomic mass is 10.1. The minimum absolute atomic E-state index is 0.274. The van der Waals surface area contributed by atoms with Crippen molar-refractivity contribution in [3.05, 3.63) is 89.7 Å². The first-order valence-electron chi connectivity index (χ1n) is 8.92. The van der Waals surface area contributed by atoms with Crippen LogP contribution in [0.4, 0.5) is 0 Å². The first-order valence-corrected chi connectivity index (χ1v) is 8.92. The maximum Gasteiger partial charge on any atom is 0.271 e. The molecule has 0 saturated heterocycles. The molecule has 6 nitrogen and oxygen atoms in total. The highest BCUT2D eigenvalue weighted by Gasteiger charge is 2.04. The third-order valence-corrected chi connectivity index (χ3v) is 3.84. The zero-order valence-electron chi connectivity index (χ0n) is 15.5. The second kappa shape index (κ2) is 9.87. The van der Waals surface area contributed by atoms with E-state index in [1.54, 1.807) is 42.9 Å². The quantitative estimate of drug-likeness (QED) is 0.480. The van der Waals surface area contributed by atoms with E-state index in [1.807, 2.05) is 43.3 Å². The van der Waals surface area contributed by atoms with Crippen LogP contribution in [-0.4, -0.2) is 23.7 Å². The molecule has 0 aliphatic heterocycles. The van der Waals surface area contributed by atoms with Crippen LogP contribution in [0.5, 0.6) is 11.5 Å². The van der Waals surface area contributed by atoms with Gasteiger partial charge in [0.05, 0.1) is 12.8 Å². The second-order valence-electron chi connectivity index (χ2n) is 5.87. The van der Waals surface area contributed by atoms with Gasteiger partial charge in [-0.3, -0.25) is 9.78 Å². The average Bonchev–Trinajstić information content (AvgIpc) is 2.74. The molecule has 0 spiro atoms. The van der Waals surface area contributed by atoms with Crippen LogP contribution in [0.3, 0.4) is 0 Å². The van der Waals surface area contributed by atoms with Crippen LogP contribution in [0.1, 0.15) is 28.4 Å². The van der Waals surface area contributed by atoms with Crippen LogP contribution < -0.4 is 14.9 Å². The topological polar surface area (TPSA) is 72.8 Å². The maximum absolute atomic E-state index is 12.1. The monoisotopic (exact) mass is 375 g/mol. The van der Waals surface area contributed by atoms with Crippen LogP contribution >= 0.6 is 0 Å². The lowest BCUT2D eigenvalue weighted by molar-refractivity contribution is 0.0955. The van der Waals surface area contributed by atoms with Crippen molar-refractivity contribution in [2.24, 2.45) is 5.10 Å². The van der Waals surface area contributed by atoms with Gasteiger partial charge in [0.25, 0.3) is 5.91 Å². The largest absolute Gasteiger partial charge is 0.494 e. The van der Waals surface area contributed by atoms with Gasteiger partial charge >= 0.3 is 0 Å². The number of hydrogen-bond donors (Lipinski definition) is 1. The third kappa shape index (κ3) is 5.67. The summed E-state index contributed by atoms with van der Waals surface area (Å²) >= 11 is 0. The summed E-state index contributed by atoms with van der Waals surface area (Å²) in [6.45, 7) is 2.99. The SMILES string of the molecule is CCOc1ccc(OCc2ccc(C(=O)N/N=C\c3ccncc3)cc2)cc1. The number of carbonyl (C=O) groups is 1. The maximum atomic E-state index is 12.1. The van der Waals surface area contributed by atoms with Gasteiger partial charge in [0.15, 0.2) is 0 Å². The van der Waals surface area contributed by atoms with Crippen molar-refractivity contribution in [2.45, 2.75) is 13.5 Å². The Labute approximate surface area is 163 Å². The van der Waals surface area contributed by atoms with Gasteiger partial charge in [-0.2, -0.15) is 5.10 Å². The van der Waals surface area contributed by atoms with E-state index in [0.717, 1.165) is 22.6 Å². The molecule has 3 rings (SSSR count). The summed E-state index contributed by atoms with van der Waals surface area (Å²) in [7, 11) is 0. The van der Waals surface area contributed by atoms with Gasteiger partial charge in [-0.05, 0) is 66.6 Å². The minimum Gasteiger partial charge on any atom is -0.494 e. The summed E-state index contributed by atoms with van der Waals surface area (Å²) < 4.78 is 11.2. The molecule has 1 amide bonds. The lowest BCUT2D eigenvalue weighted by Gasteiger charge is -2.08. The summed E-state index contributed by atoms with van der Waals surface area (Å²) in [5.41, 5.74) is 4.85. The summed E-state index contributed by atoms with van der Waals surface area (Å²) in [6, 6.07) is 18.3. The Kier molecular flexibility index (Phi) is 6.73. The molecule has 0 saturated carbocycles. The number of rotatable bonds is 8. The Morgan fingerprint density at radius 1 is 0.964 bits per heavy atom. The summed E-state index contributed by atoms with van der Waals surface area (Å²) in [4.78, 5) is 16.1. The number of carbonyl (C=O) groups excluding carboxylic acids is 1. The normalized spacial score (nSPS) is 10.6. The number of hydrogen-bond acceptors (Lipinski definition) is 5. The van der Waals surface area contributed by atoms with Crippen molar-refractivity contribution in [3.63, 3.8) is 0 Å². The number of amides is 1. The van der Waals surface area contributed by atoms with Gasteiger partial charge in [-0.1, -0.05) is 12.1 Å². The molecule has 2 aromatic carbocycles. The number of pyridine rings is 1. The van der Waals surface area contributed by atoms with Crippen LogP contribution in [0.15, 0.2) is 78.2 Å². The number of benzene rings is 2. The number of hydrazone groups is 1. The Hall–Kier alpha value is -3.67. The number of ether oxygens (including phenoxy) is 2. The molecule has 3 aromatic rings. The fraction of sp³-hybridized carbons (Fsp3) is 0.136. The molecule has 0 unspecified atom stereocenters. The van der Waals surface area contributed by atoms with Crippen molar-refractivity contribution >= 4 is 12.1 Å². The standard InChI is InChI=1S/C22H21N3O3/c1-2-27-20-7-9-21(10-8-20)28-16-18-3-5-19(6-4-18)22(26)25-24-15-17-11-13-23-14-12-17/h3-15H,2,16H2,1H3,(H,25,26)/b24-15-. The lowest BCUT2D eigenvalue weighted by Crippen LogP contribution is -2.17. The van der Waals surface area contributed by atoms with Gasteiger partial charge in [0.2, 0.25) is 0 Å². The molecule has 1 heterocycles. The van der Waals surface area contributed by atoms with Crippen molar-refractivity contribution in [2.75, 3.05) is 6.61 Å². The summed E-state index contributed by atoms with van der Waals surface area (Å²) in [5, 5.41) is 3.95. The first kappa shape index (κ1) is 19.1. The number of nitrogens with one attached hydrogen (secondary N) is 1. The van der Waals surface area contributed by atoms with E-state index >= 15 is 0 Å². The van der Waals surface area contributed by atoms with E-state index in [9.17, 15) is 4.79 Å². The highest BCUT2D eigenvalue weighted by Crippen LogP contribution is 2.18. The molecule has 0 fully saturated rings. The summed E-state index contributed by atoms with van der Waals surface area (Å²) in [6.07, 6.45) is 4.90. The van der Waals surface area contributed by atoms with E-state index in [1.165, 1.54) is 0 Å². The van der Waals surface area contributed by atoms with Crippen molar-refractivity contribution < 1.29 is 14.3 Å². The molecule has 1 aromatic heterocycles. The molecule has 0 aliphatic carbocycles. The van der Waals surface area contributed by atoms with Crippen LogP contribution in [0.2, 0.25) is 0 Å². The zero-order valence-corrected chi connectivity index (χ0v) is 15.5. The predicted octanol–water partition coefficient (Wildman–Crippen LogP) is 3.82. The second-order valence-corrected chi connectivity index (χ2v) is 5.87. The van der Waals surface area contributed by atoms with Crippen LogP contribution in [0, 0.1) is 0 Å². The van der Waals surface area contributed by atoms with E-state index in [-0.39, 0.29) is 5.91 Å². The third-order valence-electron chi connectivity index (χ3n) is 3.84. The van der Waals surface area contributed by atoms with Crippen LogP contribution in [0.25, 0.3) is 0 Å². The van der Waals surface area contributed by atoms with Crippen LogP contribution in [-0.2, 0) is 6.61 Å². The number of aromatic nitrogens is 1. The van der Waals surface area contributed by atoms with Gasteiger partial charge in [-0.25, -0.2) is 5.43 Å². The van der Waals surface area contributed by atoms with E-state index in [4.69, 9.17) is 9.47 Å². The molecule has 28 heavy (non-hydrogen) atoms. The van der Waals surface area contributed by atoms with Gasteiger partial charge in [0.1, 0.15) is 18.1 Å². The van der Waals surface area contributed by atoms with E-state index < -0.39 is 0 Å². The highest BCUT2D eigenvalue weighted by atomic mass is 16.5. The van der Waals surface area contributed by atoms with Crippen molar-refractivity contribution in [1.29, 1.82) is 0 Å². The average molecular weight is 375 g/mol. The fourth-order valence-electron chi connectivity index (χ4n) is 2.40. The first-order chi connectivity index (χ1) is 13.7. The molecular weight excluding hydrogens is 354 g/mol. The Balaban J connectivity index is 1.50. The van der Waals surface area contributed by atoms with Crippen molar-refractivity contribution in [1.82, 2.24) is 10.4 Å². The smallest absolute Gasteiger partial charge is 0.271 e. The molecule has 0 bridgehead atoms. The fourth-order valence-corrected chi connectivity index (χ4v) is 2.40. The Bertz CT molecular complexity index is 908. The molecule has 6 heteroatoms. The summed E-state index contributed by atoms with van der Waals surface area (Å²) in [5.74, 6) is 1.30. The molecule has 0 radical (unpaired) electrons. The molecule has 0 atom stereocenters. The van der Waals surface area contributed by atoms with Gasteiger partial charge in [-0.15, -0.1) is 0 Å². The Morgan fingerprint density at radius 3 is 2.25 bits per heavy atom. The minimum atomic E-state index is -0.274.